The van der Waals surface area contributed by atoms with Gasteiger partial charge < -0.3 is 0 Å². The maximum atomic E-state index is 12.3. The van der Waals surface area contributed by atoms with Gasteiger partial charge in [-0.15, -0.1) is 0 Å². The molecule has 4 aliphatic carbocycles. The van der Waals surface area contributed by atoms with E-state index in [0.717, 1.165) is 0 Å². The summed E-state index contributed by atoms with van der Waals surface area (Å²) in [5, 5.41) is 4.90. The Hall–Kier alpha value is -1.98. The Labute approximate surface area is 126 Å². The first-order valence-electron chi connectivity index (χ1n) is 7.70. The van der Waals surface area contributed by atoms with Gasteiger partial charge >= 0.3 is 0 Å². The molecular formula is C16H16N2O4. The highest BCUT2D eigenvalue weighted by molar-refractivity contribution is 6.09. The minimum Gasteiger partial charge on any atom is -0.296 e. The summed E-state index contributed by atoms with van der Waals surface area (Å²) in [6.45, 7) is 3.92. The molecule has 0 aromatic carbocycles. The van der Waals surface area contributed by atoms with Crippen molar-refractivity contribution in [3.63, 3.8) is 0 Å². The fourth-order valence-corrected chi connectivity index (χ4v) is 6.30. The van der Waals surface area contributed by atoms with E-state index in [2.05, 4.69) is 10.6 Å². The Bertz CT molecular complexity index is 670. The maximum Gasteiger partial charge on any atom is 0.231 e. The molecule has 114 valence electrons. The quantitative estimate of drug-likeness (QED) is 0.470. The van der Waals surface area contributed by atoms with Gasteiger partial charge in [0, 0.05) is 10.8 Å². The maximum absolute atomic E-state index is 12.3. The molecule has 6 nitrogen and oxygen atoms in total. The smallest absolute Gasteiger partial charge is 0.231 e. The first-order valence-corrected chi connectivity index (χ1v) is 7.70. The van der Waals surface area contributed by atoms with E-state index in [9.17, 15) is 19.2 Å². The molecule has 6 rings (SSSR count). The lowest BCUT2D eigenvalue weighted by Crippen LogP contribution is -2.70. The Kier molecular flexibility index (Phi) is 1.82. The molecule has 0 spiro atoms. The number of amides is 4. The summed E-state index contributed by atoms with van der Waals surface area (Å²) in [6, 6.07) is 0. The van der Waals surface area contributed by atoms with Crippen molar-refractivity contribution in [2.75, 3.05) is 0 Å². The van der Waals surface area contributed by atoms with Crippen molar-refractivity contribution in [2.45, 2.75) is 13.8 Å². The van der Waals surface area contributed by atoms with Crippen LogP contribution in [0.5, 0.6) is 0 Å². The van der Waals surface area contributed by atoms with Crippen LogP contribution in [0.15, 0.2) is 12.2 Å². The van der Waals surface area contributed by atoms with Crippen LogP contribution in [-0.2, 0) is 19.2 Å². The van der Waals surface area contributed by atoms with Gasteiger partial charge in [0.05, 0.1) is 23.7 Å². The molecule has 2 heterocycles. The third-order valence-electron chi connectivity index (χ3n) is 7.12. The van der Waals surface area contributed by atoms with Crippen LogP contribution in [0.2, 0.25) is 0 Å². The number of hydrogen-bond acceptors (Lipinski definition) is 4. The van der Waals surface area contributed by atoms with Crippen molar-refractivity contribution in [3.8, 4) is 0 Å². The number of allylic oxidation sites excluding steroid dienone is 2. The summed E-state index contributed by atoms with van der Waals surface area (Å²) >= 11 is 0. The van der Waals surface area contributed by atoms with Crippen molar-refractivity contribution in [3.05, 3.63) is 12.2 Å². The molecule has 6 heteroatoms. The molecule has 2 saturated carbocycles. The Morgan fingerprint density at radius 1 is 0.727 bits per heavy atom. The fraction of sp³-hybridized carbons (Fsp3) is 0.625. The van der Waals surface area contributed by atoms with E-state index in [1.807, 2.05) is 26.0 Å². The molecule has 0 aromatic heterocycles. The van der Waals surface area contributed by atoms with Crippen molar-refractivity contribution in [2.24, 2.45) is 46.3 Å². The second-order valence-corrected chi connectivity index (χ2v) is 7.83. The van der Waals surface area contributed by atoms with Gasteiger partial charge in [-0.2, -0.15) is 0 Å². The predicted molar refractivity (Wildman–Crippen MR) is 72.6 cm³/mol. The minimum absolute atomic E-state index is 0.0446. The summed E-state index contributed by atoms with van der Waals surface area (Å²) < 4.78 is 0. The van der Waals surface area contributed by atoms with Crippen molar-refractivity contribution < 1.29 is 19.2 Å². The highest BCUT2D eigenvalue weighted by Crippen LogP contribution is 2.75. The van der Waals surface area contributed by atoms with Crippen molar-refractivity contribution in [1.29, 1.82) is 0 Å². The third-order valence-corrected chi connectivity index (χ3v) is 7.12. The van der Waals surface area contributed by atoms with Gasteiger partial charge in [-0.05, 0) is 11.8 Å². The molecule has 2 N–H and O–H groups in total. The second-order valence-electron chi connectivity index (χ2n) is 7.83. The molecule has 22 heavy (non-hydrogen) atoms. The Morgan fingerprint density at radius 3 is 1.50 bits per heavy atom. The van der Waals surface area contributed by atoms with Gasteiger partial charge in [0.2, 0.25) is 23.6 Å². The SMILES string of the molecule is C[C@]12C=C[C@](C)([C@H]3[C@H]4C(=O)NC(=O)[C@@H]4[C@@H]31)[C@H]1C(=O)NC(=O)[C@@H]12. The first-order chi connectivity index (χ1) is 10.3. The highest BCUT2D eigenvalue weighted by Gasteiger charge is 2.79. The van der Waals surface area contributed by atoms with E-state index in [1.165, 1.54) is 0 Å². The van der Waals surface area contributed by atoms with Crippen molar-refractivity contribution >= 4 is 23.6 Å². The second kappa shape index (κ2) is 3.19. The lowest BCUT2D eigenvalue weighted by molar-refractivity contribution is -0.206. The minimum atomic E-state index is -0.535. The van der Waals surface area contributed by atoms with Gasteiger partial charge in [-0.1, -0.05) is 26.0 Å². The van der Waals surface area contributed by atoms with Gasteiger partial charge in [-0.25, -0.2) is 0 Å². The van der Waals surface area contributed by atoms with Crippen LogP contribution in [-0.4, -0.2) is 23.6 Å². The largest absolute Gasteiger partial charge is 0.296 e. The average molecular weight is 300 g/mol. The Morgan fingerprint density at radius 2 is 1.09 bits per heavy atom. The molecule has 2 aliphatic heterocycles. The molecule has 4 fully saturated rings. The van der Waals surface area contributed by atoms with Crippen LogP contribution < -0.4 is 10.6 Å². The number of nitrogens with one attached hydrogen (secondary N) is 2. The van der Waals surface area contributed by atoms with Crippen molar-refractivity contribution in [1.82, 2.24) is 10.6 Å². The van der Waals surface area contributed by atoms with E-state index in [4.69, 9.17) is 0 Å². The van der Waals surface area contributed by atoms with Crippen LogP contribution >= 0.6 is 0 Å². The number of imide groups is 2. The zero-order valence-corrected chi connectivity index (χ0v) is 12.3. The van der Waals surface area contributed by atoms with Crippen LogP contribution in [0, 0.1) is 46.3 Å². The number of fused-ring (bicyclic) bond motifs is 1. The van der Waals surface area contributed by atoms with E-state index in [-0.39, 0.29) is 47.3 Å². The van der Waals surface area contributed by atoms with Gasteiger partial charge in [-0.3, -0.25) is 29.8 Å². The third kappa shape index (κ3) is 0.979. The molecule has 2 bridgehead atoms. The summed E-state index contributed by atoms with van der Waals surface area (Å²) in [4.78, 5) is 49.0. The zero-order valence-electron chi connectivity index (χ0n) is 12.3. The Balaban J connectivity index is 1.74. The van der Waals surface area contributed by atoms with Crippen LogP contribution in [0.4, 0.5) is 0 Å². The molecule has 4 amide bonds. The highest BCUT2D eigenvalue weighted by atomic mass is 16.2. The van der Waals surface area contributed by atoms with Gasteiger partial charge in [0.15, 0.2) is 0 Å². The summed E-state index contributed by atoms with van der Waals surface area (Å²) in [6.07, 6.45) is 4.03. The van der Waals surface area contributed by atoms with E-state index < -0.39 is 22.7 Å². The number of hydrogen-bond donors (Lipinski definition) is 2. The molecule has 0 unspecified atom stereocenters. The first kappa shape index (κ1) is 12.6. The molecule has 2 saturated heterocycles. The number of rotatable bonds is 0. The monoisotopic (exact) mass is 300 g/mol. The summed E-state index contributed by atoms with van der Waals surface area (Å²) in [5.74, 6) is -2.56. The molecule has 6 aliphatic rings. The van der Waals surface area contributed by atoms with E-state index in [0.29, 0.717) is 0 Å². The van der Waals surface area contributed by atoms with Gasteiger partial charge in [0.25, 0.3) is 0 Å². The van der Waals surface area contributed by atoms with Crippen LogP contribution in [0.3, 0.4) is 0 Å². The van der Waals surface area contributed by atoms with Crippen LogP contribution in [0.25, 0.3) is 0 Å². The normalized spacial score (nSPS) is 57.0. The molecule has 0 aromatic rings. The average Bonchev–Trinajstić information content (AvgIpc) is 2.80. The fourth-order valence-electron chi connectivity index (χ4n) is 6.30. The number of carbonyl (C=O) groups is 4. The van der Waals surface area contributed by atoms with Crippen LogP contribution in [0.1, 0.15) is 13.8 Å². The predicted octanol–water partition coefficient (Wildman–Crippen LogP) is -0.394. The lowest BCUT2D eigenvalue weighted by atomic mass is 9.31. The zero-order chi connectivity index (χ0) is 15.6. The molecular weight excluding hydrogens is 284 g/mol. The molecule has 0 radical (unpaired) electrons. The van der Waals surface area contributed by atoms with E-state index >= 15 is 0 Å². The number of carbonyl (C=O) groups excluding carboxylic acids is 4. The summed E-state index contributed by atoms with van der Waals surface area (Å²) in [5.41, 5.74) is -1.07. The van der Waals surface area contributed by atoms with Gasteiger partial charge in [0.1, 0.15) is 0 Å². The van der Waals surface area contributed by atoms with E-state index in [1.54, 1.807) is 0 Å². The molecule has 8 atom stereocenters. The lowest BCUT2D eigenvalue weighted by Gasteiger charge is -2.69. The standard InChI is InChI=1S/C16H16N2O4/c1-15-3-4-16(2,10-9(15)13(21)18-14(10)22)8-6-5(7(8)15)11(19)17-12(6)20/h3-10H,1-2H3,(H,17,19,20)(H,18,21,22)/t5-,6-,7-,8-,9+,10+,15-,16+/m0/s1. The topological polar surface area (TPSA) is 92.3 Å². The summed E-state index contributed by atoms with van der Waals surface area (Å²) in [7, 11) is 0.